The fourth-order valence-electron chi connectivity index (χ4n) is 1.77. The van der Waals surface area contributed by atoms with Crippen molar-refractivity contribution in [3.8, 4) is 0 Å². The minimum Gasteiger partial charge on any atom is -0.330 e. The van der Waals surface area contributed by atoms with E-state index in [1.807, 2.05) is 24.3 Å². The standard InChI is InChI=1S/C13H10BrF2N5S2/c14-8-2-1-3-9(6-8)18-12-19-20-13(23-12)22-7-10-17-4-5-21(10)11(15)16/h1-6,11H,7H2,(H,18,19). The maximum Gasteiger partial charge on any atom is 0.319 e. The monoisotopic (exact) mass is 417 g/mol. The van der Waals surface area contributed by atoms with Crippen LogP contribution in [0.5, 0.6) is 0 Å². The second-order valence-electron chi connectivity index (χ2n) is 4.33. The highest BCUT2D eigenvalue weighted by Gasteiger charge is 2.13. The number of alkyl halides is 2. The summed E-state index contributed by atoms with van der Waals surface area (Å²) >= 11 is 6.08. The Morgan fingerprint density at radius 2 is 2.22 bits per heavy atom. The number of benzene rings is 1. The maximum atomic E-state index is 12.7. The Bertz CT molecular complexity index is 792. The molecular weight excluding hydrogens is 408 g/mol. The molecule has 0 saturated carbocycles. The molecule has 23 heavy (non-hydrogen) atoms. The van der Waals surface area contributed by atoms with Gasteiger partial charge in [0.05, 0.1) is 5.75 Å². The van der Waals surface area contributed by atoms with Gasteiger partial charge in [0.1, 0.15) is 5.82 Å². The molecule has 0 radical (unpaired) electrons. The van der Waals surface area contributed by atoms with Gasteiger partial charge >= 0.3 is 6.55 Å². The highest BCUT2D eigenvalue weighted by Crippen LogP contribution is 2.30. The van der Waals surface area contributed by atoms with E-state index in [0.717, 1.165) is 14.7 Å². The SMILES string of the molecule is FC(F)n1ccnc1CSc1nnc(Nc2cccc(Br)c2)s1. The molecule has 2 aromatic heterocycles. The summed E-state index contributed by atoms with van der Waals surface area (Å²) in [6.07, 6.45) is 2.63. The Balaban J connectivity index is 1.62. The van der Waals surface area contributed by atoms with Crippen LogP contribution in [0.1, 0.15) is 12.4 Å². The predicted molar refractivity (Wildman–Crippen MR) is 90.4 cm³/mol. The quantitative estimate of drug-likeness (QED) is 0.576. The van der Waals surface area contributed by atoms with Gasteiger partial charge in [0, 0.05) is 22.6 Å². The number of nitrogens with one attached hydrogen (secondary N) is 1. The van der Waals surface area contributed by atoms with Crippen LogP contribution in [0.3, 0.4) is 0 Å². The van der Waals surface area contributed by atoms with E-state index in [2.05, 4.69) is 36.4 Å². The summed E-state index contributed by atoms with van der Waals surface area (Å²) in [5.41, 5.74) is 0.889. The topological polar surface area (TPSA) is 55.6 Å². The number of hydrogen-bond acceptors (Lipinski definition) is 6. The largest absolute Gasteiger partial charge is 0.330 e. The molecular formula is C13H10BrF2N5S2. The van der Waals surface area contributed by atoms with Gasteiger partial charge in [-0.15, -0.1) is 10.2 Å². The van der Waals surface area contributed by atoms with E-state index in [0.29, 0.717) is 21.0 Å². The molecule has 0 saturated heterocycles. The third-order valence-corrected chi connectivity index (χ3v) is 5.23. The van der Waals surface area contributed by atoms with Gasteiger partial charge in [0.25, 0.3) is 0 Å². The first-order chi connectivity index (χ1) is 11.1. The van der Waals surface area contributed by atoms with Gasteiger partial charge in [0.15, 0.2) is 4.34 Å². The van der Waals surface area contributed by atoms with Crippen LogP contribution in [0.25, 0.3) is 0 Å². The molecule has 10 heteroatoms. The average molecular weight is 418 g/mol. The van der Waals surface area contributed by atoms with Crippen molar-refractivity contribution in [3.63, 3.8) is 0 Å². The van der Waals surface area contributed by atoms with Crippen LogP contribution in [0.2, 0.25) is 0 Å². The van der Waals surface area contributed by atoms with Crippen molar-refractivity contribution in [2.24, 2.45) is 0 Å². The van der Waals surface area contributed by atoms with Gasteiger partial charge in [-0.2, -0.15) is 8.78 Å². The molecule has 2 heterocycles. The Labute approximate surface area is 147 Å². The Kier molecular flexibility index (Phi) is 5.23. The lowest BCUT2D eigenvalue weighted by Gasteiger charge is -2.04. The number of rotatable bonds is 6. The molecule has 0 spiro atoms. The number of thioether (sulfide) groups is 1. The van der Waals surface area contributed by atoms with Crippen LogP contribution in [-0.2, 0) is 5.75 Å². The van der Waals surface area contributed by atoms with Gasteiger partial charge < -0.3 is 5.32 Å². The van der Waals surface area contributed by atoms with Crippen molar-refractivity contribution >= 4 is 49.8 Å². The van der Waals surface area contributed by atoms with E-state index in [1.54, 1.807) is 0 Å². The second kappa shape index (κ2) is 7.37. The van der Waals surface area contributed by atoms with Crippen LogP contribution in [-0.4, -0.2) is 19.7 Å². The lowest BCUT2D eigenvalue weighted by atomic mass is 10.3. The van der Waals surface area contributed by atoms with Crippen LogP contribution < -0.4 is 5.32 Å². The van der Waals surface area contributed by atoms with Crippen LogP contribution in [0, 0.1) is 0 Å². The van der Waals surface area contributed by atoms with Gasteiger partial charge in [-0.25, -0.2) is 4.98 Å². The molecule has 0 atom stereocenters. The molecule has 0 amide bonds. The average Bonchev–Trinajstić information content (AvgIpc) is 3.14. The molecule has 1 aromatic carbocycles. The molecule has 1 N–H and O–H groups in total. The number of imidazole rings is 1. The summed E-state index contributed by atoms with van der Waals surface area (Å²) < 4.78 is 28.0. The fourth-order valence-corrected chi connectivity index (χ4v) is 3.89. The molecule has 0 unspecified atom stereocenters. The molecule has 3 rings (SSSR count). The molecule has 0 bridgehead atoms. The molecule has 5 nitrogen and oxygen atoms in total. The number of halogens is 3. The Hall–Kier alpha value is -1.52. The van der Waals surface area contributed by atoms with E-state index in [9.17, 15) is 8.78 Å². The number of aromatic nitrogens is 4. The van der Waals surface area contributed by atoms with E-state index in [1.165, 1.54) is 35.5 Å². The summed E-state index contributed by atoms with van der Waals surface area (Å²) in [6, 6.07) is 7.68. The molecule has 120 valence electrons. The van der Waals surface area contributed by atoms with E-state index in [-0.39, 0.29) is 0 Å². The predicted octanol–water partition coefficient (Wildman–Crippen LogP) is 4.93. The zero-order valence-electron chi connectivity index (χ0n) is 11.5. The van der Waals surface area contributed by atoms with E-state index >= 15 is 0 Å². The normalized spacial score (nSPS) is 11.1. The van der Waals surface area contributed by atoms with Crippen molar-refractivity contribution < 1.29 is 8.78 Å². The fraction of sp³-hybridized carbons (Fsp3) is 0.154. The second-order valence-corrected chi connectivity index (χ2v) is 7.44. The molecule has 0 aliphatic rings. The van der Waals surface area contributed by atoms with Gasteiger partial charge in [-0.05, 0) is 18.2 Å². The summed E-state index contributed by atoms with van der Waals surface area (Å²) in [7, 11) is 0. The van der Waals surface area contributed by atoms with E-state index < -0.39 is 6.55 Å². The minimum atomic E-state index is -2.59. The zero-order chi connectivity index (χ0) is 16.2. The lowest BCUT2D eigenvalue weighted by molar-refractivity contribution is 0.0678. The first-order valence-electron chi connectivity index (χ1n) is 6.40. The Morgan fingerprint density at radius 3 is 3.00 bits per heavy atom. The smallest absolute Gasteiger partial charge is 0.319 e. The lowest BCUT2D eigenvalue weighted by Crippen LogP contribution is -2.01. The number of anilines is 2. The Morgan fingerprint density at radius 1 is 1.35 bits per heavy atom. The van der Waals surface area contributed by atoms with Crippen molar-refractivity contribution in [1.29, 1.82) is 0 Å². The molecule has 0 aliphatic carbocycles. The van der Waals surface area contributed by atoms with Crippen molar-refractivity contribution in [3.05, 3.63) is 47.0 Å². The third kappa shape index (κ3) is 4.27. The number of hydrogen-bond donors (Lipinski definition) is 1. The molecule has 3 aromatic rings. The van der Waals surface area contributed by atoms with Crippen LogP contribution in [0.4, 0.5) is 19.6 Å². The third-order valence-electron chi connectivity index (χ3n) is 2.77. The highest BCUT2D eigenvalue weighted by atomic mass is 79.9. The van der Waals surface area contributed by atoms with Gasteiger partial charge in [-0.3, -0.25) is 4.57 Å². The molecule has 0 aliphatic heterocycles. The summed E-state index contributed by atoms with van der Waals surface area (Å²) in [6.45, 7) is -2.59. The van der Waals surface area contributed by atoms with Crippen LogP contribution >= 0.6 is 39.0 Å². The highest BCUT2D eigenvalue weighted by molar-refractivity contribution is 9.10. The van der Waals surface area contributed by atoms with E-state index in [4.69, 9.17) is 0 Å². The first kappa shape index (κ1) is 16.3. The van der Waals surface area contributed by atoms with Crippen LogP contribution in [0.15, 0.2) is 45.5 Å². The van der Waals surface area contributed by atoms with Gasteiger partial charge in [0.2, 0.25) is 5.13 Å². The summed E-state index contributed by atoms with van der Waals surface area (Å²) in [5.74, 6) is 0.616. The zero-order valence-corrected chi connectivity index (χ0v) is 14.7. The molecule has 0 fully saturated rings. The number of nitrogens with zero attached hydrogens (tertiary/aromatic N) is 4. The minimum absolute atomic E-state index is 0.307. The van der Waals surface area contributed by atoms with Crippen molar-refractivity contribution in [2.45, 2.75) is 16.6 Å². The summed E-state index contributed by atoms with van der Waals surface area (Å²) in [5, 5.41) is 11.9. The summed E-state index contributed by atoms with van der Waals surface area (Å²) in [4.78, 5) is 3.93. The first-order valence-corrected chi connectivity index (χ1v) is 9.00. The maximum absolute atomic E-state index is 12.7. The van der Waals surface area contributed by atoms with Gasteiger partial charge in [-0.1, -0.05) is 45.1 Å². The van der Waals surface area contributed by atoms with Crippen molar-refractivity contribution in [1.82, 2.24) is 19.7 Å². The van der Waals surface area contributed by atoms with Crippen molar-refractivity contribution in [2.75, 3.05) is 5.32 Å².